The van der Waals surface area contributed by atoms with Crippen molar-refractivity contribution >= 4 is 17.4 Å². The van der Waals surface area contributed by atoms with Crippen molar-refractivity contribution in [1.82, 2.24) is 4.90 Å². The number of piperidine rings is 1. The van der Waals surface area contributed by atoms with Crippen LogP contribution in [0.3, 0.4) is 0 Å². The lowest BCUT2D eigenvalue weighted by Gasteiger charge is -2.34. The number of carbonyl (C=O) groups excluding carboxylic acids is 1. The molecule has 1 aliphatic heterocycles. The molecule has 0 N–H and O–H groups in total. The molecule has 5 heteroatoms. The van der Waals surface area contributed by atoms with Crippen molar-refractivity contribution in [2.45, 2.75) is 20.3 Å². The Hall–Kier alpha value is -1.26. The second kappa shape index (κ2) is 7.34. The number of hydrogen-bond donors (Lipinski definition) is 0. The second-order valence-electron chi connectivity index (χ2n) is 6.25. The highest BCUT2D eigenvalue weighted by atomic mass is 35.5. The van der Waals surface area contributed by atoms with Gasteiger partial charge < -0.3 is 9.47 Å². The van der Waals surface area contributed by atoms with Crippen LogP contribution in [0.4, 0.5) is 0 Å². The molecule has 1 aliphatic rings. The van der Waals surface area contributed by atoms with Crippen molar-refractivity contribution in [2.75, 3.05) is 33.9 Å². The molecular weight excluding hydrogens is 302 g/mol. The first-order chi connectivity index (χ1) is 10.4. The molecule has 0 aliphatic carbocycles. The van der Waals surface area contributed by atoms with Crippen molar-refractivity contribution in [3.05, 3.63) is 22.7 Å². The maximum absolute atomic E-state index is 12.6. The smallest absolute Gasteiger partial charge is 0.180 e. The lowest BCUT2D eigenvalue weighted by molar-refractivity contribution is 0.0846. The molecule has 4 nitrogen and oxygen atoms in total. The summed E-state index contributed by atoms with van der Waals surface area (Å²) in [6.07, 6.45) is 1.22. The summed E-state index contributed by atoms with van der Waals surface area (Å²) in [5, 5.41) is 0.423. The molecule has 1 aromatic rings. The number of likely N-dealkylation sites (tertiary alicyclic amines) is 1. The molecule has 0 aromatic heterocycles. The van der Waals surface area contributed by atoms with E-state index in [2.05, 4.69) is 18.7 Å². The van der Waals surface area contributed by atoms with Gasteiger partial charge in [0.1, 0.15) is 11.5 Å². The summed E-state index contributed by atoms with van der Waals surface area (Å²) in [6, 6.07) is 3.30. The monoisotopic (exact) mass is 325 g/mol. The standard InChI is InChI=1S/C17H24ClNO3/c1-11-5-12(2)9-19(8-11)10-15(20)13-6-14(18)17(22-4)7-16(13)21-3/h6-7,11-12H,5,8-10H2,1-4H3. The highest BCUT2D eigenvalue weighted by Crippen LogP contribution is 2.33. The average molecular weight is 326 g/mol. The first-order valence-corrected chi connectivity index (χ1v) is 7.99. The minimum absolute atomic E-state index is 0.0303. The molecule has 2 rings (SSSR count). The van der Waals surface area contributed by atoms with Crippen LogP contribution in [0, 0.1) is 11.8 Å². The van der Waals surface area contributed by atoms with Gasteiger partial charge in [-0.05, 0) is 24.3 Å². The van der Waals surface area contributed by atoms with Crippen LogP contribution in [0.2, 0.25) is 5.02 Å². The summed E-state index contributed by atoms with van der Waals surface area (Å²) in [7, 11) is 3.09. The Bertz CT molecular complexity index is 537. The minimum atomic E-state index is 0.0303. The molecule has 0 amide bonds. The number of nitrogens with zero attached hydrogens (tertiary/aromatic N) is 1. The van der Waals surface area contributed by atoms with E-state index in [1.54, 1.807) is 26.4 Å². The Balaban J connectivity index is 2.17. The fourth-order valence-corrected chi connectivity index (χ4v) is 3.53. The van der Waals surface area contributed by atoms with Crippen molar-refractivity contribution in [2.24, 2.45) is 11.8 Å². The van der Waals surface area contributed by atoms with Crippen LogP contribution in [0.15, 0.2) is 12.1 Å². The fourth-order valence-electron chi connectivity index (χ4n) is 3.29. The van der Waals surface area contributed by atoms with E-state index >= 15 is 0 Å². The van der Waals surface area contributed by atoms with Gasteiger partial charge in [-0.15, -0.1) is 0 Å². The molecule has 22 heavy (non-hydrogen) atoms. The third kappa shape index (κ3) is 3.93. The summed E-state index contributed by atoms with van der Waals surface area (Å²) >= 11 is 6.15. The lowest BCUT2D eigenvalue weighted by Crippen LogP contribution is -2.41. The zero-order valence-electron chi connectivity index (χ0n) is 13.7. The highest BCUT2D eigenvalue weighted by molar-refractivity contribution is 6.32. The molecule has 0 spiro atoms. The van der Waals surface area contributed by atoms with E-state index in [9.17, 15) is 4.79 Å². The Kier molecular flexibility index (Phi) is 5.70. The number of benzene rings is 1. The number of hydrogen-bond acceptors (Lipinski definition) is 4. The molecule has 0 bridgehead atoms. The zero-order chi connectivity index (χ0) is 16.3. The molecule has 0 radical (unpaired) electrons. The predicted octanol–water partition coefficient (Wildman–Crippen LogP) is 3.52. The van der Waals surface area contributed by atoms with Crippen LogP contribution in [-0.2, 0) is 0 Å². The SMILES string of the molecule is COc1cc(OC)c(C(=O)CN2CC(C)CC(C)C2)cc1Cl. The summed E-state index contributed by atoms with van der Waals surface area (Å²) in [5.41, 5.74) is 0.513. The number of Topliss-reactive ketones (excluding diaryl/α,β-unsaturated/α-hetero) is 1. The summed E-state index contributed by atoms with van der Waals surface area (Å²) in [4.78, 5) is 14.9. The number of ketones is 1. The van der Waals surface area contributed by atoms with Crippen LogP contribution in [0.1, 0.15) is 30.6 Å². The summed E-state index contributed by atoms with van der Waals surface area (Å²) < 4.78 is 10.5. The van der Waals surface area contributed by atoms with Crippen molar-refractivity contribution in [3.63, 3.8) is 0 Å². The second-order valence-corrected chi connectivity index (χ2v) is 6.66. The largest absolute Gasteiger partial charge is 0.496 e. The molecule has 1 aromatic carbocycles. The molecule has 2 atom stereocenters. The normalized spacial score (nSPS) is 22.4. The van der Waals surface area contributed by atoms with E-state index < -0.39 is 0 Å². The quantitative estimate of drug-likeness (QED) is 0.776. The first-order valence-electron chi connectivity index (χ1n) is 7.61. The number of carbonyl (C=O) groups is 1. The molecule has 0 saturated carbocycles. The molecule has 2 unspecified atom stereocenters. The first kappa shape index (κ1) is 17.1. The molecule has 1 fully saturated rings. The van der Waals surface area contributed by atoms with Crippen molar-refractivity contribution in [3.8, 4) is 11.5 Å². The Morgan fingerprint density at radius 1 is 1.18 bits per heavy atom. The van der Waals surface area contributed by atoms with Gasteiger partial charge in [-0.1, -0.05) is 25.4 Å². The topological polar surface area (TPSA) is 38.8 Å². The number of halogens is 1. The van der Waals surface area contributed by atoms with Crippen LogP contribution in [0.25, 0.3) is 0 Å². The maximum Gasteiger partial charge on any atom is 0.180 e. The third-order valence-electron chi connectivity index (χ3n) is 4.09. The third-order valence-corrected chi connectivity index (χ3v) is 4.38. The van der Waals surface area contributed by atoms with Gasteiger partial charge in [0, 0.05) is 19.2 Å². The van der Waals surface area contributed by atoms with Gasteiger partial charge in [-0.3, -0.25) is 9.69 Å². The molecular formula is C17H24ClNO3. The number of rotatable bonds is 5. The van der Waals surface area contributed by atoms with E-state index in [0.717, 1.165) is 13.1 Å². The van der Waals surface area contributed by atoms with Crippen LogP contribution in [0.5, 0.6) is 11.5 Å². The Morgan fingerprint density at radius 2 is 1.77 bits per heavy atom. The van der Waals surface area contributed by atoms with E-state index in [1.807, 2.05) is 0 Å². The number of ether oxygens (including phenoxy) is 2. The Morgan fingerprint density at radius 3 is 2.32 bits per heavy atom. The van der Waals surface area contributed by atoms with Crippen molar-refractivity contribution < 1.29 is 14.3 Å². The summed E-state index contributed by atoms with van der Waals surface area (Å²) in [6.45, 7) is 6.79. The Labute approximate surface area is 137 Å². The molecule has 122 valence electrons. The molecule has 1 saturated heterocycles. The van der Waals surface area contributed by atoms with Gasteiger partial charge in [0.2, 0.25) is 0 Å². The van der Waals surface area contributed by atoms with Gasteiger partial charge in [-0.25, -0.2) is 0 Å². The summed E-state index contributed by atoms with van der Waals surface area (Å²) in [5.74, 6) is 2.29. The van der Waals surface area contributed by atoms with Gasteiger partial charge >= 0.3 is 0 Å². The van der Waals surface area contributed by atoms with E-state index in [0.29, 0.717) is 40.5 Å². The van der Waals surface area contributed by atoms with E-state index in [1.165, 1.54) is 6.42 Å². The fraction of sp³-hybridized carbons (Fsp3) is 0.588. The van der Waals surface area contributed by atoms with Gasteiger partial charge in [0.15, 0.2) is 5.78 Å². The lowest BCUT2D eigenvalue weighted by atomic mass is 9.91. The molecule has 1 heterocycles. The average Bonchev–Trinajstić information content (AvgIpc) is 2.45. The minimum Gasteiger partial charge on any atom is -0.496 e. The van der Waals surface area contributed by atoms with Crippen LogP contribution < -0.4 is 9.47 Å². The van der Waals surface area contributed by atoms with Gasteiger partial charge in [0.05, 0.1) is 31.4 Å². The van der Waals surface area contributed by atoms with Gasteiger partial charge in [-0.2, -0.15) is 0 Å². The van der Waals surface area contributed by atoms with Crippen molar-refractivity contribution in [1.29, 1.82) is 0 Å². The maximum atomic E-state index is 12.6. The van der Waals surface area contributed by atoms with Crippen LogP contribution in [-0.4, -0.2) is 44.5 Å². The highest BCUT2D eigenvalue weighted by Gasteiger charge is 2.25. The van der Waals surface area contributed by atoms with Gasteiger partial charge in [0.25, 0.3) is 0 Å². The van der Waals surface area contributed by atoms with Crippen LogP contribution >= 0.6 is 11.6 Å². The van der Waals surface area contributed by atoms with E-state index in [-0.39, 0.29) is 5.78 Å². The zero-order valence-corrected chi connectivity index (χ0v) is 14.4. The number of methoxy groups -OCH3 is 2. The predicted molar refractivity (Wildman–Crippen MR) is 88.3 cm³/mol. The van der Waals surface area contributed by atoms with E-state index in [4.69, 9.17) is 21.1 Å².